The summed E-state index contributed by atoms with van der Waals surface area (Å²) in [6.45, 7) is 4.30. The molecule has 0 N–H and O–H groups in total. The second-order valence-corrected chi connectivity index (χ2v) is 2.14. The van der Waals surface area contributed by atoms with Crippen LogP contribution in [-0.2, 0) is 26.2 Å². The molecule has 0 unspecified atom stereocenters. The van der Waals surface area contributed by atoms with Gasteiger partial charge in [-0.05, 0) is 20.3 Å². The van der Waals surface area contributed by atoms with Gasteiger partial charge in [-0.15, -0.1) is 0 Å². The fourth-order valence-electron chi connectivity index (χ4n) is 0.828. The maximum Gasteiger partial charge on any atom is 2.00 e. The van der Waals surface area contributed by atoms with E-state index in [2.05, 4.69) is 26.0 Å². The summed E-state index contributed by atoms with van der Waals surface area (Å²) >= 11 is 0. The molecule has 0 atom stereocenters. The van der Waals surface area contributed by atoms with Crippen molar-refractivity contribution in [1.29, 1.82) is 0 Å². The summed E-state index contributed by atoms with van der Waals surface area (Å²) in [4.78, 5) is 0. The first-order valence-electron chi connectivity index (χ1n) is 2.63. The van der Waals surface area contributed by atoms with Crippen LogP contribution in [0.2, 0.25) is 0 Å². The van der Waals surface area contributed by atoms with Gasteiger partial charge < -0.3 is 24.8 Å². The molecule has 1 aliphatic carbocycles. The van der Waals surface area contributed by atoms with E-state index in [0.29, 0.717) is 0 Å². The Morgan fingerprint density at radius 2 is 1.70 bits per heavy atom. The minimum Gasteiger partial charge on any atom is -1.00 e. The number of allylic oxidation sites excluding steroid dienone is 4. The third kappa shape index (κ3) is 5.71. The molecule has 56 valence electrons. The molecule has 0 aliphatic heterocycles. The summed E-state index contributed by atoms with van der Waals surface area (Å²) in [5, 5.41) is 0. The first-order chi connectivity index (χ1) is 3.29. The summed E-state index contributed by atoms with van der Waals surface area (Å²) in [6.07, 6.45) is 5.64. The number of rotatable bonds is 0. The molecule has 0 nitrogen and oxygen atoms in total. The minimum atomic E-state index is 0. The van der Waals surface area contributed by atoms with Crippen LogP contribution in [0.15, 0.2) is 23.3 Å². The van der Waals surface area contributed by atoms with Gasteiger partial charge in [0.2, 0.25) is 0 Å². The van der Waals surface area contributed by atoms with Crippen molar-refractivity contribution in [3.63, 3.8) is 0 Å². The van der Waals surface area contributed by atoms with Gasteiger partial charge in [-0.1, -0.05) is 23.3 Å². The second kappa shape index (κ2) is 8.04. The molecule has 1 aliphatic rings. The molecular weight excluding hydrogens is 246 g/mol. The third-order valence-electron chi connectivity index (χ3n) is 1.22. The molecule has 0 aromatic carbocycles. The van der Waals surface area contributed by atoms with E-state index in [1.807, 2.05) is 0 Å². The molecule has 0 aromatic heterocycles. The predicted octanol–water partition coefficient (Wildman–Crippen LogP) is -3.71. The molecule has 0 saturated carbocycles. The molecule has 0 aromatic rings. The first-order valence-corrected chi connectivity index (χ1v) is 2.63. The second-order valence-electron chi connectivity index (χ2n) is 2.14. The number of hydrogen-bond acceptors (Lipinski definition) is 0. The zero-order chi connectivity index (χ0) is 5.28. The van der Waals surface area contributed by atoms with Crippen molar-refractivity contribution in [1.82, 2.24) is 0 Å². The van der Waals surface area contributed by atoms with E-state index in [-0.39, 0.29) is 51.0 Å². The summed E-state index contributed by atoms with van der Waals surface area (Å²) in [5.41, 5.74) is 2.90. The SMILES string of the molecule is CC1=CCC(C)=C1.[Cl-].[Cl-].[Zr+2]. The molecule has 0 fully saturated rings. The van der Waals surface area contributed by atoms with E-state index < -0.39 is 0 Å². The third-order valence-corrected chi connectivity index (χ3v) is 1.22. The summed E-state index contributed by atoms with van der Waals surface area (Å²) < 4.78 is 0. The molecule has 0 bridgehead atoms. The van der Waals surface area contributed by atoms with Crippen LogP contribution >= 0.6 is 0 Å². The summed E-state index contributed by atoms with van der Waals surface area (Å²) in [7, 11) is 0. The van der Waals surface area contributed by atoms with Gasteiger partial charge in [0.25, 0.3) is 0 Å². The smallest absolute Gasteiger partial charge is 1.00 e. The quantitative estimate of drug-likeness (QED) is 0.418. The van der Waals surface area contributed by atoms with Crippen LogP contribution < -0.4 is 24.8 Å². The van der Waals surface area contributed by atoms with Crippen LogP contribution in [-0.4, -0.2) is 0 Å². The Bertz CT molecular complexity index is 139. The van der Waals surface area contributed by atoms with Crippen molar-refractivity contribution in [2.45, 2.75) is 20.3 Å². The van der Waals surface area contributed by atoms with E-state index in [0.717, 1.165) is 0 Å². The van der Waals surface area contributed by atoms with Gasteiger partial charge in [0.05, 0.1) is 0 Å². The van der Waals surface area contributed by atoms with Crippen LogP contribution in [0, 0.1) is 0 Å². The van der Waals surface area contributed by atoms with Gasteiger partial charge in [-0.2, -0.15) is 0 Å². The van der Waals surface area contributed by atoms with Gasteiger partial charge in [0, 0.05) is 0 Å². The fraction of sp³-hybridized carbons (Fsp3) is 0.429. The zero-order valence-electron chi connectivity index (χ0n) is 6.12. The van der Waals surface area contributed by atoms with Crippen LogP contribution in [0.3, 0.4) is 0 Å². The van der Waals surface area contributed by atoms with Gasteiger partial charge in [-0.3, -0.25) is 0 Å². The molecule has 0 spiro atoms. The molecule has 3 heteroatoms. The molecule has 0 saturated heterocycles. The average Bonchev–Trinajstić information content (AvgIpc) is 1.87. The molecule has 0 radical (unpaired) electrons. The first kappa shape index (κ1) is 17.1. The van der Waals surface area contributed by atoms with Gasteiger partial charge >= 0.3 is 26.2 Å². The van der Waals surface area contributed by atoms with Crippen LogP contribution in [0.25, 0.3) is 0 Å². The van der Waals surface area contributed by atoms with Gasteiger partial charge in [0.1, 0.15) is 0 Å². The Morgan fingerprint density at radius 1 is 1.20 bits per heavy atom. The van der Waals surface area contributed by atoms with Gasteiger partial charge in [-0.25, -0.2) is 0 Å². The fourth-order valence-corrected chi connectivity index (χ4v) is 0.828. The Balaban J connectivity index is -0.000000163. The van der Waals surface area contributed by atoms with Crippen molar-refractivity contribution < 1.29 is 51.0 Å². The standard InChI is InChI=1S/C7H10.2ClH.Zr/c1-6-3-4-7(2)5-6;;;/h3,5H,4H2,1-2H3;2*1H;/q;;;+2/p-2. The van der Waals surface area contributed by atoms with Crippen molar-refractivity contribution in [2.24, 2.45) is 0 Å². The van der Waals surface area contributed by atoms with E-state index in [1.165, 1.54) is 17.6 Å². The van der Waals surface area contributed by atoms with Crippen molar-refractivity contribution in [3.05, 3.63) is 23.3 Å². The van der Waals surface area contributed by atoms with Crippen LogP contribution in [0.5, 0.6) is 0 Å². The van der Waals surface area contributed by atoms with E-state index in [4.69, 9.17) is 0 Å². The Morgan fingerprint density at radius 3 is 1.80 bits per heavy atom. The Hall–Kier alpha value is 0.943. The van der Waals surface area contributed by atoms with Crippen LogP contribution in [0.4, 0.5) is 0 Å². The molecule has 0 heterocycles. The predicted molar refractivity (Wildman–Crippen MR) is 32.1 cm³/mol. The van der Waals surface area contributed by atoms with E-state index >= 15 is 0 Å². The van der Waals surface area contributed by atoms with Crippen LogP contribution in [0.1, 0.15) is 20.3 Å². The monoisotopic (exact) mass is 254 g/mol. The average molecular weight is 256 g/mol. The Kier molecular flexibility index (Phi) is 13.8. The van der Waals surface area contributed by atoms with Crippen molar-refractivity contribution in [3.8, 4) is 0 Å². The molecule has 1 rings (SSSR count). The molecular formula is C7H10Cl2Zr. The summed E-state index contributed by atoms with van der Waals surface area (Å²) in [5.74, 6) is 0. The molecule has 0 amide bonds. The maximum absolute atomic E-state index is 2.25. The topological polar surface area (TPSA) is 0 Å². The number of hydrogen-bond donors (Lipinski definition) is 0. The van der Waals surface area contributed by atoms with Crippen molar-refractivity contribution >= 4 is 0 Å². The normalized spacial score (nSPS) is 13.4. The number of halogens is 2. The minimum absolute atomic E-state index is 0. The Labute approximate surface area is 94.1 Å². The van der Waals surface area contributed by atoms with Gasteiger partial charge in [0.15, 0.2) is 0 Å². The van der Waals surface area contributed by atoms with E-state index in [9.17, 15) is 0 Å². The summed E-state index contributed by atoms with van der Waals surface area (Å²) in [6, 6.07) is 0. The zero-order valence-corrected chi connectivity index (χ0v) is 10.1. The molecule has 10 heavy (non-hydrogen) atoms. The van der Waals surface area contributed by atoms with E-state index in [1.54, 1.807) is 0 Å². The maximum atomic E-state index is 2.25. The van der Waals surface area contributed by atoms with Crippen molar-refractivity contribution in [2.75, 3.05) is 0 Å². The largest absolute Gasteiger partial charge is 2.00 e.